The second-order valence-electron chi connectivity index (χ2n) is 5.97. The highest BCUT2D eigenvalue weighted by atomic mass is 35.5. The van der Waals surface area contributed by atoms with E-state index in [1.165, 1.54) is 18.4 Å². The quantitative estimate of drug-likeness (QED) is 0.497. The van der Waals surface area contributed by atoms with Gasteiger partial charge in [-0.25, -0.2) is 9.59 Å². The van der Waals surface area contributed by atoms with Crippen molar-refractivity contribution < 1.29 is 14.3 Å². The first-order valence-corrected chi connectivity index (χ1v) is 9.82. The lowest BCUT2D eigenvalue weighted by Crippen LogP contribution is -2.20. The van der Waals surface area contributed by atoms with Gasteiger partial charge in [0.1, 0.15) is 5.00 Å². The number of fused-ring (bicyclic) bond motifs is 1. The van der Waals surface area contributed by atoms with Crippen LogP contribution in [0.4, 0.5) is 15.5 Å². The monoisotopic (exact) mass is 412 g/mol. The number of esters is 1. The van der Waals surface area contributed by atoms with Crippen LogP contribution in [-0.2, 0) is 17.6 Å². The van der Waals surface area contributed by atoms with Gasteiger partial charge < -0.3 is 10.1 Å². The molecule has 2 N–H and O–H groups in total. The Kier molecular flexibility index (Phi) is 6.06. The molecule has 1 aliphatic rings. The van der Waals surface area contributed by atoms with Crippen LogP contribution in [0, 0.1) is 0 Å². The Morgan fingerprint density at radius 3 is 2.58 bits per heavy atom. The topological polar surface area (TPSA) is 67.4 Å². The summed E-state index contributed by atoms with van der Waals surface area (Å²) in [6, 6.07) is 4.37. The Labute approximate surface area is 165 Å². The van der Waals surface area contributed by atoms with Gasteiger partial charge in [0.15, 0.2) is 0 Å². The molecule has 1 aromatic carbocycles. The summed E-state index contributed by atoms with van der Waals surface area (Å²) in [5.41, 5.74) is 1.98. The number of halogens is 2. The number of carbonyl (C=O) groups excluding carboxylic acids is 2. The summed E-state index contributed by atoms with van der Waals surface area (Å²) in [4.78, 5) is 25.8. The number of thiophene rings is 1. The number of carbonyl (C=O) groups is 2. The van der Waals surface area contributed by atoms with Crippen molar-refractivity contribution in [3.8, 4) is 0 Å². The Bertz CT molecular complexity index is 851. The largest absolute Gasteiger partial charge is 0.465 e. The highest BCUT2D eigenvalue weighted by Crippen LogP contribution is 2.38. The summed E-state index contributed by atoms with van der Waals surface area (Å²) in [5.74, 6) is -0.422. The van der Waals surface area contributed by atoms with Crippen molar-refractivity contribution >= 4 is 57.2 Å². The fraction of sp³-hybridized carbons (Fsp3) is 0.333. The lowest BCUT2D eigenvalue weighted by atomic mass is 10.1. The number of benzene rings is 1. The first-order valence-electron chi connectivity index (χ1n) is 8.25. The van der Waals surface area contributed by atoms with Gasteiger partial charge in [0, 0.05) is 10.6 Å². The molecule has 1 heterocycles. The number of urea groups is 1. The lowest BCUT2D eigenvalue weighted by molar-refractivity contribution is 0.0601. The van der Waals surface area contributed by atoms with Crippen LogP contribution in [0.5, 0.6) is 0 Å². The normalized spacial score (nSPS) is 13.5. The van der Waals surface area contributed by atoms with Crippen molar-refractivity contribution in [2.75, 3.05) is 17.7 Å². The molecule has 0 radical (unpaired) electrons. The van der Waals surface area contributed by atoms with E-state index in [1.807, 2.05) is 0 Å². The molecule has 0 saturated carbocycles. The minimum absolute atomic E-state index is 0.350. The molecule has 1 aliphatic carbocycles. The molecule has 2 aromatic rings. The Balaban J connectivity index is 1.83. The molecule has 138 valence electrons. The number of hydrogen-bond acceptors (Lipinski definition) is 4. The number of methoxy groups -OCH3 is 1. The third kappa shape index (κ3) is 4.14. The van der Waals surface area contributed by atoms with Crippen molar-refractivity contribution in [2.45, 2.75) is 32.1 Å². The van der Waals surface area contributed by atoms with Crippen molar-refractivity contribution in [1.82, 2.24) is 0 Å². The van der Waals surface area contributed by atoms with Gasteiger partial charge in [0.25, 0.3) is 0 Å². The van der Waals surface area contributed by atoms with Gasteiger partial charge in [-0.1, -0.05) is 29.6 Å². The number of nitrogens with one attached hydrogen (secondary N) is 2. The van der Waals surface area contributed by atoms with Crippen LogP contribution < -0.4 is 10.6 Å². The predicted molar refractivity (Wildman–Crippen MR) is 106 cm³/mol. The molecule has 5 nitrogen and oxygen atoms in total. The van der Waals surface area contributed by atoms with E-state index in [4.69, 9.17) is 27.9 Å². The first kappa shape index (κ1) is 19.0. The molecule has 8 heteroatoms. The van der Waals surface area contributed by atoms with Crippen LogP contribution in [0.1, 0.15) is 40.1 Å². The van der Waals surface area contributed by atoms with Crippen molar-refractivity contribution in [1.29, 1.82) is 0 Å². The number of ether oxygens (including phenoxy) is 1. The zero-order valence-corrected chi connectivity index (χ0v) is 16.5. The lowest BCUT2D eigenvalue weighted by Gasteiger charge is -2.09. The Morgan fingerprint density at radius 2 is 1.85 bits per heavy atom. The minimum atomic E-state index is -0.454. The van der Waals surface area contributed by atoms with E-state index in [0.29, 0.717) is 26.3 Å². The summed E-state index contributed by atoms with van der Waals surface area (Å²) in [5, 5.41) is 6.75. The van der Waals surface area contributed by atoms with Gasteiger partial charge >= 0.3 is 12.0 Å². The summed E-state index contributed by atoms with van der Waals surface area (Å²) < 4.78 is 4.93. The highest BCUT2D eigenvalue weighted by Gasteiger charge is 2.26. The van der Waals surface area contributed by atoms with Crippen molar-refractivity contribution in [3.63, 3.8) is 0 Å². The molecule has 0 atom stereocenters. The van der Waals surface area contributed by atoms with Gasteiger partial charge in [0.05, 0.1) is 22.7 Å². The van der Waals surface area contributed by atoms with Crippen LogP contribution in [-0.4, -0.2) is 19.1 Å². The van der Waals surface area contributed by atoms with Gasteiger partial charge in [0.2, 0.25) is 0 Å². The second kappa shape index (κ2) is 8.29. The molecular formula is C18H18Cl2N2O3S. The van der Waals surface area contributed by atoms with Crippen LogP contribution in [0.3, 0.4) is 0 Å². The fourth-order valence-electron chi connectivity index (χ4n) is 2.99. The molecule has 0 saturated heterocycles. The number of aryl methyl sites for hydroxylation is 1. The summed E-state index contributed by atoms with van der Waals surface area (Å²) in [7, 11) is 1.35. The zero-order chi connectivity index (χ0) is 18.7. The number of amides is 2. The van der Waals surface area contributed by atoms with E-state index in [0.717, 1.165) is 42.5 Å². The van der Waals surface area contributed by atoms with Crippen molar-refractivity contribution in [3.05, 3.63) is 44.2 Å². The molecule has 0 fully saturated rings. The third-order valence-electron chi connectivity index (χ3n) is 4.22. The summed E-state index contributed by atoms with van der Waals surface area (Å²) in [6.07, 6.45) is 5.00. The molecular weight excluding hydrogens is 395 g/mol. The van der Waals surface area contributed by atoms with Crippen LogP contribution in [0.2, 0.25) is 10.0 Å². The fourth-order valence-corrected chi connectivity index (χ4v) is 4.56. The standard InChI is InChI=1S/C18H18Cl2N2O3S/c1-25-17(23)15-11-5-3-2-4-6-14(11)26-16(15)22-18(24)21-10-7-8-12(19)13(20)9-10/h7-9H,2-6H2,1H3,(H2,21,22,24). The van der Waals surface area contributed by atoms with E-state index in [-0.39, 0.29) is 0 Å². The molecule has 0 aliphatic heterocycles. The maximum absolute atomic E-state index is 12.4. The first-order chi connectivity index (χ1) is 12.5. The third-order valence-corrected chi connectivity index (χ3v) is 6.16. The zero-order valence-electron chi connectivity index (χ0n) is 14.2. The molecule has 1 aromatic heterocycles. The molecule has 3 rings (SSSR count). The molecule has 0 unspecified atom stereocenters. The van der Waals surface area contributed by atoms with Gasteiger partial charge in [-0.3, -0.25) is 5.32 Å². The average Bonchev–Trinajstić information content (AvgIpc) is 2.78. The smallest absolute Gasteiger partial charge is 0.341 e. The van der Waals surface area contributed by atoms with Gasteiger partial charge in [-0.05, 0) is 49.4 Å². The minimum Gasteiger partial charge on any atom is -0.465 e. The van der Waals surface area contributed by atoms with Gasteiger partial charge in [-0.15, -0.1) is 11.3 Å². The van der Waals surface area contributed by atoms with E-state index in [2.05, 4.69) is 10.6 Å². The van der Waals surface area contributed by atoms with Crippen LogP contribution >= 0.6 is 34.5 Å². The highest BCUT2D eigenvalue weighted by molar-refractivity contribution is 7.17. The van der Waals surface area contributed by atoms with Gasteiger partial charge in [-0.2, -0.15) is 0 Å². The molecule has 0 bridgehead atoms. The Hall–Kier alpha value is -1.76. The van der Waals surface area contributed by atoms with Crippen LogP contribution in [0.15, 0.2) is 18.2 Å². The molecule has 0 spiro atoms. The number of rotatable bonds is 3. The second-order valence-corrected chi connectivity index (χ2v) is 7.89. The van der Waals surface area contributed by atoms with Crippen LogP contribution in [0.25, 0.3) is 0 Å². The summed E-state index contributed by atoms with van der Waals surface area (Å²) in [6.45, 7) is 0. The molecule has 2 amide bonds. The maximum atomic E-state index is 12.4. The molecule has 26 heavy (non-hydrogen) atoms. The van der Waals surface area contributed by atoms with E-state index < -0.39 is 12.0 Å². The maximum Gasteiger partial charge on any atom is 0.341 e. The SMILES string of the molecule is COC(=O)c1c(NC(=O)Nc2ccc(Cl)c(Cl)c2)sc2c1CCCCC2. The Morgan fingerprint density at radius 1 is 1.08 bits per heavy atom. The van der Waals surface area contributed by atoms with E-state index in [9.17, 15) is 9.59 Å². The number of hydrogen-bond donors (Lipinski definition) is 2. The summed E-state index contributed by atoms with van der Waals surface area (Å²) >= 11 is 13.3. The van der Waals surface area contributed by atoms with E-state index in [1.54, 1.807) is 18.2 Å². The average molecular weight is 413 g/mol. The number of anilines is 2. The predicted octanol–water partition coefficient (Wildman–Crippen LogP) is 5.75. The van der Waals surface area contributed by atoms with Crippen molar-refractivity contribution in [2.24, 2.45) is 0 Å². The van der Waals surface area contributed by atoms with E-state index >= 15 is 0 Å².